The van der Waals surface area contributed by atoms with E-state index in [0.717, 1.165) is 0 Å². The third kappa shape index (κ3) is 1.74. The summed E-state index contributed by atoms with van der Waals surface area (Å²) in [6, 6.07) is 0. The van der Waals surface area contributed by atoms with Crippen molar-refractivity contribution in [3.8, 4) is 0 Å². The van der Waals surface area contributed by atoms with Crippen LogP contribution in [0.4, 0.5) is 0 Å². The van der Waals surface area contributed by atoms with E-state index in [0.29, 0.717) is 13.0 Å². The van der Waals surface area contributed by atoms with Crippen molar-refractivity contribution in [1.29, 1.82) is 0 Å². The molecule has 3 unspecified atom stereocenters. The molecule has 1 aliphatic rings. The van der Waals surface area contributed by atoms with Crippen molar-refractivity contribution in [3.05, 3.63) is 4.91 Å². The van der Waals surface area contributed by atoms with E-state index in [1.165, 1.54) is 0 Å². The quantitative estimate of drug-likeness (QED) is 0.356. The van der Waals surface area contributed by atoms with E-state index in [4.69, 9.17) is 4.74 Å². The zero-order chi connectivity index (χ0) is 8.48. The zero-order valence-electron chi connectivity index (χ0n) is 6.24. The molecule has 0 aromatic rings. The fraction of sp³-hybridized carbons (Fsp3) is 0.833. The Balaban J connectivity index is 2.62. The first-order valence-electron chi connectivity index (χ1n) is 3.35. The Hall–Kier alpha value is -0.500. The van der Waals surface area contributed by atoms with Gasteiger partial charge >= 0.3 is 5.97 Å². The number of hydrogen-bond acceptors (Lipinski definition) is 4. The number of carbonyl (C=O) groups excluding carboxylic acids is 1. The maximum absolute atomic E-state index is 10.6. The van der Waals surface area contributed by atoms with Crippen molar-refractivity contribution < 1.29 is 9.53 Å². The number of cyclic esters (lactones) is 1. The van der Waals surface area contributed by atoms with Crippen molar-refractivity contribution >= 4 is 15.2 Å². The van der Waals surface area contributed by atoms with Gasteiger partial charge in [0.05, 0.1) is 13.0 Å². The highest BCUT2D eigenvalue weighted by Crippen LogP contribution is 2.34. The lowest BCUT2D eigenvalue weighted by atomic mass is 10.0. The highest BCUT2D eigenvalue weighted by molar-refractivity contribution is 7.18. The minimum atomic E-state index is -0.758. The summed E-state index contributed by atoms with van der Waals surface area (Å²) in [5.74, 6) is -0.329. The van der Waals surface area contributed by atoms with Gasteiger partial charge in [-0.2, -0.15) is 0 Å². The molecule has 0 aromatic heterocycles. The lowest BCUT2D eigenvalue weighted by molar-refractivity contribution is -0.137. The molecule has 0 amide bonds. The summed E-state index contributed by atoms with van der Waals surface area (Å²) in [7, 11) is 2.34. The number of ether oxygens (including phenoxy) is 1. The Morgan fingerprint density at radius 3 is 2.82 bits per heavy atom. The van der Waals surface area contributed by atoms with E-state index in [-0.39, 0.29) is 11.9 Å². The second-order valence-corrected chi connectivity index (χ2v) is 4.07. The fourth-order valence-corrected chi connectivity index (χ4v) is 1.18. The smallest absolute Gasteiger partial charge is 0.306 e. The van der Waals surface area contributed by atoms with Gasteiger partial charge in [-0.1, -0.05) is 5.18 Å². The summed E-state index contributed by atoms with van der Waals surface area (Å²) in [4.78, 5) is 20.9. The molecule has 11 heavy (non-hydrogen) atoms. The lowest BCUT2D eigenvalue weighted by Crippen LogP contribution is -2.25. The third-order valence-corrected chi connectivity index (χ3v) is 2.46. The van der Waals surface area contributed by atoms with Gasteiger partial charge in [0.2, 0.25) is 0 Å². The van der Waals surface area contributed by atoms with Crippen LogP contribution in [-0.4, -0.2) is 17.9 Å². The highest BCUT2D eigenvalue weighted by atomic mass is 31.0. The van der Waals surface area contributed by atoms with Crippen LogP contribution in [0, 0.1) is 10.8 Å². The molecule has 0 aromatic carbocycles. The Bertz CT molecular complexity index is 192. The first-order valence-corrected chi connectivity index (χ1v) is 3.93. The number of nitroso groups, excluding NO2 is 1. The summed E-state index contributed by atoms with van der Waals surface area (Å²) in [6.07, 6.45) is 0.297. The molecular formula is C6H10NO3P. The molecule has 0 bridgehead atoms. The number of esters is 1. The summed E-state index contributed by atoms with van der Waals surface area (Å²) in [5.41, 5.74) is 0. The van der Waals surface area contributed by atoms with Gasteiger partial charge in [-0.05, 0) is 6.92 Å². The monoisotopic (exact) mass is 175 g/mol. The van der Waals surface area contributed by atoms with Gasteiger partial charge in [-0.15, -0.1) is 14.1 Å². The van der Waals surface area contributed by atoms with Crippen molar-refractivity contribution in [3.63, 3.8) is 0 Å². The molecule has 0 saturated carbocycles. The van der Waals surface area contributed by atoms with E-state index < -0.39 is 5.28 Å². The molecule has 4 nitrogen and oxygen atoms in total. The van der Waals surface area contributed by atoms with Gasteiger partial charge < -0.3 is 4.74 Å². The Morgan fingerprint density at radius 1 is 1.82 bits per heavy atom. The SMILES string of the molecule is CC(P)(N=O)C1COC(=O)C1. The molecule has 0 radical (unpaired) electrons. The topological polar surface area (TPSA) is 55.7 Å². The molecule has 1 saturated heterocycles. The molecule has 62 valence electrons. The lowest BCUT2D eigenvalue weighted by Gasteiger charge is -2.19. The minimum absolute atomic E-state index is 0.0856. The Morgan fingerprint density at radius 2 is 2.45 bits per heavy atom. The van der Waals surface area contributed by atoms with E-state index in [9.17, 15) is 9.70 Å². The van der Waals surface area contributed by atoms with Crippen molar-refractivity contribution in [2.45, 2.75) is 18.6 Å². The first kappa shape index (κ1) is 8.60. The second kappa shape index (κ2) is 2.86. The normalized spacial score (nSPS) is 29.3. The highest BCUT2D eigenvalue weighted by Gasteiger charge is 2.38. The average molecular weight is 175 g/mol. The number of hydrogen-bond donors (Lipinski definition) is 0. The number of rotatable bonds is 2. The number of carbonyl (C=O) groups is 1. The van der Waals surface area contributed by atoms with Crippen LogP contribution in [0.3, 0.4) is 0 Å². The molecule has 0 aliphatic carbocycles. The Labute approximate surface area is 66.9 Å². The molecule has 3 atom stereocenters. The summed E-state index contributed by atoms with van der Waals surface area (Å²) in [6.45, 7) is 1.99. The van der Waals surface area contributed by atoms with E-state index in [1.54, 1.807) is 6.92 Å². The molecule has 1 fully saturated rings. The minimum Gasteiger partial charge on any atom is -0.465 e. The van der Waals surface area contributed by atoms with Crippen molar-refractivity contribution in [2.75, 3.05) is 6.61 Å². The van der Waals surface area contributed by atoms with Crippen LogP contribution in [0.25, 0.3) is 0 Å². The molecule has 1 aliphatic heterocycles. The van der Waals surface area contributed by atoms with Crippen LogP contribution in [0.15, 0.2) is 5.18 Å². The largest absolute Gasteiger partial charge is 0.465 e. The molecule has 1 heterocycles. The molecule has 0 spiro atoms. The number of nitrogens with zero attached hydrogens (tertiary/aromatic N) is 1. The van der Waals surface area contributed by atoms with Gasteiger partial charge in [0.25, 0.3) is 0 Å². The Kier molecular flexibility index (Phi) is 2.23. The van der Waals surface area contributed by atoms with Gasteiger partial charge in [-0.25, -0.2) is 0 Å². The van der Waals surface area contributed by atoms with Crippen molar-refractivity contribution in [1.82, 2.24) is 0 Å². The molecular weight excluding hydrogens is 165 g/mol. The third-order valence-electron chi connectivity index (χ3n) is 1.88. The van der Waals surface area contributed by atoms with E-state index in [1.807, 2.05) is 0 Å². The standard InChI is InChI=1S/C6H10NO3P/c1-6(11,7-9)4-2-5(8)10-3-4/h4H,2-3,11H2,1H3. The van der Waals surface area contributed by atoms with Crippen LogP contribution in [0.1, 0.15) is 13.3 Å². The zero-order valence-corrected chi connectivity index (χ0v) is 7.40. The van der Waals surface area contributed by atoms with E-state index in [2.05, 4.69) is 14.4 Å². The van der Waals surface area contributed by atoms with E-state index >= 15 is 0 Å². The van der Waals surface area contributed by atoms with Crippen molar-refractivity contribution in [2.24, 2.45) is 11.1 Å². The van der Waals surface area contributed by atoms with Crippen LogP contribution >= 0.6 is 9.24 Å². The molecule has 5 heteroatoms. The van der Waals surface area contributed by atoms with Crippen LogP contribution in [-0.2, 0) is 9.53 Å². The second-order valence-electron chi connectivity index (χ2n) is 2.90. The average Bonchev–Trinajstić information content (AvgIpc) is 2.36. The predicted octanol–water partition coefficient (Wildman–Crippen LogP) is 0.907. The first-order chi connectivity index (χ1) is 5.06. The van der Waals surface area contributed by atoms with Gasteiger partial charge in [0.15, 0.2) is 0 Å². The molecule has 0 N–H and O–H groups in total. The molecule has 1 rings (SSSR count). The van der Waals surface area contributed by atoms with Crippen LogP contribution in [0.5, 0.6) is 0 Å². The maximum atomic E-state index is 10.6. The predicted molar refractivity (Wildman–Crippen MR) is 43.0 cm³/mol. The van der Waals surface area contributed by atoms with Gasteiger partial charge in [0.1, 0.15) is 5.28 Å². The van der Waals surface area contributed by atoms with Crippen LogP contribution < -0.4 is 0 Å². The maximum Gasteiger partial charge on any atom is 0.306 e. The van der Waals surface area contributed by atoms with Gasteiger partial charge in [-0.3, -0.25) is 4.79 Å². The van der Waals surface area contributed by atoms with Crippen LogP contribution in [0.2, 0.25) is 0 Å². The summed E-state index contributed by atoms with van der Waals surface area (Å²) < 4.78 is 4.70. The fourth-order valence-electron chi connectivity index (χ4n) is 0.962. The van der Waals surface area contributed by atoms with Gasteiger partial charge in [0, 0.05) is 5.92 Å². The summed E-state index contributed by atoms with van der Waals surface area (Å²) in [5, 5.41) is 2.16. The summed E-state index contributed by atoms with van der Waals surface area (Å²) >= 11 is 0.